The fourth-order valence-electron chi connectivity index (χ4n) is 2.40. The summed E-state index contributed by atoms with van der Waals surface area (Å²) in [7, 11) is 0. The SMILES string of the molecule is CC(=O)NCc1cc(N=C(C)c2c(O)c(C(C)=O)c(O)oc2=O)ccc1O. The Morgan fingerprint density at radius 1 is 1.11 bits per heavy atom. The Morgan fingerprint density at radius 2 is 1.78 bits per heavy atom. The molecular weight excluding hydrogens is 356 g/mol. The van der Waals surface area contributed by atoms with Crippen molar-refractivity contribution in [3.63, 3.8) is 0 Å². The van der Waals surface area contributed by atoms with Gasteiger partial charge in [0.2, 0.25) is 5.91 Å². The number of carbonyl (C=O) groups is 2. The molecule has 2 aromatic rings. The quantitative estimate of drug-likeness (QED) is 0.460. The fourth-order valence-corrected chi connectivity index (χ4v) is 2.40. The molecule has 142 valence electrons. The number of phenols is 1. The average molecular weight is 374 g/mol. The van der Waals surface area contributed by atoms with Crippen LogP contribution < -0.4 is 10.9 Å². The Balaban J connectivity index is 2.51. The number of phenolic OH excluding ortho intramolecular Hbond substituents is 1. The summed E-state index contributed by atoms with van der Waals surface area (Å²) >= 11 is 0. The topological polar surface area (TPSA) is 149 Å². The molecule has 0 aliphatic carbocycles. The van der Waals surface area contributed by atoms with E-state index in [-0.39, 0.29) is 29.5 Å². The molecule has 0 saturated carbocycles. The molecule has 0 unspecified atom stereocenters. The van der Waals surface area contributed by atoms with Crippen LogP contribution in [0.4, 0.5) is 5.69 Å². The molecule has 1 heterocycles. The molecule has 0 saturated heterocycles. The zero-order chi connectivity index (χ0) is 20.3. The van der Waals surface area contributed by atoms with Crippen LogP contribution in [0, 0.1) is 0 Å². The maximum atomic E-state index is 12.0. The van der Waals surface area contributed by atoms with Gasteiger partial charge >= 0.3 is 5.63 Å². The van der Waals surface area contributed by atoms with E-state index in [1.54, 1.807) is 0 Å². The van der Waals surface area contributed by atoms with Crippen molar-refractivity contribution in [1.29, 1.82) is 0 Å². The van der Waals surface area contributed by atoms with Gasteiger partial charge in [0.25, 0.3) is 5.95 Å². The number of carbonyl (C=O) groups excluding carboxylic acids is 2. The van der Waals surface area contributed by atoms with E-state index in [2.05, 4.69) is 14.7 Å². The maximum Gasteiger partial charge on any atom is 0.351 e. The summed E-state index contributed by atoms with van der Waals surface area (Å²) in [5, 5.41) is 32.2. The van der Waals surface area contributed by atoms with E-state index in [9.17, 15) is 29.7 Å². The monoisotopic (exact) mass is 374 g/mol. The first-order valence-corrected chi connectivity index (χ1v) is 7.83. The smallest absolute Gasteiger partial charge is 0.351 e. The van der Waals surface area contributed by atoms with Crippen molar-refractivity contribution in [1.82, 2.24) is 5.32 Å². The minimum absolute atomic E-state index is 0.0277. The number of nitrogens with zero attached hydrogens (tertiary/aromatic N) is 1. The molecular formula is C18H18N2O7. The second-order valence-electron chi connectivity index (χ2n) is 5.77. The Morgan fingerprint density at radius 3 is 2.37 bits per heavy atom. The van der Waals surface area contributed by atoms with Gasteiger partial charge in [-0.05, 0) is 32.0 Å². The Bertz CT molecular complexity index is 1010. The summed E-state index contributed by atoms with van der Waals surface area (Å²) in [4.78, 5) is 38.8. The lowest BCUT2D eigenvalue weighted by atomic mass is 10.1. The summed E-state index contributed by atoms with van der Waals surface area (Å²) in [6.07, 6.45) is 0. The zero-order valence-electron chi connectivity index (χ0n) is 14.9. The van der Waals surface area contributed by atoms with Gasteiger partial charge in [0.05, 0.1) is 11.4 Å². The van der Waals surface area contributed by atoms with Crippen molar-refractivity contribution in [2.45, 2.75) is 27.3 Å². The molecule has 9 nitrogen and oxygen atoms in total. The molecule has 0 atom stereocenters. The first kappa shape index (κ1) is 19.7. The number of ketones is 1. The number of amides is 1. The molecule has 4 N–H and O–H groups in total. The van der Waals surface area contributed by atoms with Gasteiger partial charge in [-0.1, -0.05) is 0 Å². The lowest BCUT2D eigenvalue weighted by molar-refractivity contribution is -0.119. The number of hydrogen-bond donors (Lipinski definition) is 4. The standard InChI is InChI=1S/C18H18N2O7/c1-8(14-16(24)15(9(2)21)18(26)27-17(14)25)20-12-4-5-13(23)11(6-12)7-19-10(3)22/h4-6,23-24,26H,7H2,1-3H3,(H,19,22). The van der Waals surface area contributed by atoms with Gasteiger partial charge in [-0.3, -0.25) is 14.6 Å². The minimum atomic E-state index is -1.06. The molecule has 0 bridgehead atoms. The minimum Gasteiger partial charge on any atom is -0.508 e. The van der Waals surface area contributed by atoms with Crippen molar-refractivity contribution in [3.8, 4) is 17.4 Å². The normalized spacial score (nSPS) is 11.3. The van der Waals surface area contributed by atoms with Crippen molar-refractivity contribution >= 4 is 23.1 Å². The van der Waals surface area contributed by atoms with Crippen LogP contribution in [0.3, 0.4) is 0 Å². The molecule has 1 amide bonds. The van der Waals surface area contributed by atoms with E-state index < -0.39 is 28.7 Å². The van der Waals surface area contributed by atoms with Gasteiger partial charge in [-0.2, -0.15) is 0 Å². The maximum absolute atomic E-state index is 12.0. The predicted octanol–water partition coefficient (Wildman–Crippen LogP) is 1.74. The first-order chi connectivity index (χ1) is 12.6. The van der Waals surface area contributed by atoms with E-state index >= 15 is 0 Å². The van der Waals surface area contributed by atoms with E-state index in [4.69, 9.17) is 0 Å². The van der Waals surface area contributed by atoms with Crippen LogP contribution in [0.5, 0.6) is 17.4 Å². The van der Waals surface area contributed by atoms with E-state index in [0.29, 0.717) is 11.3 Å². The van der Waals surface area contributed by atoms with Gasteiger partial charge in [0.1, 0.15) is 22.6 Å². The largest absolute Gasteiger partial charge is 0.508 e. The molecule has 1 aromatic heterocycles. The molecule has 0 spiro atoms. The van der Waals surface area contributed by atoms with Gasteiger partial charge in [-0.15, -0.1) is 0 Å². The zero-order valence-corrected chi connectivity index (χ0v) is 14.9. The molecule has 9 heteroatoms. The summed E-state index contributed by atoms with van der Waals surface area (Å²) in [5.74, 6) is -2.71. The third-order valence-electron chi connectivity index (χ3n) is 3.68. The number of aliphatic imine (C=N–C) groups is 1. The number of Topliss-reactive ketones (excluding diaryl/α,β-unsaturated/α-hetero) is 1. The second kappa shape index (κ2) is 7.73. The summed E-state index contributed by atoms with van der Waals surface area (Å²) in [6.45, 7) is 3.92. The van der Waals surface area contributed by atoms with Crippen LogP contribution in [-0.4, -0.2) is 32.7 Å². The Hall–Kier alpha value is -3.62. The molecule has 27 heavy (non-hydrogen) atoms. The van der Waals surface area contributed by atoms with Crippen molar-refractivity contribution in [2.24, 2.45) is 4.99 Å². The molecule has 0 aliphatic rings. The number of benzene rings is 1. The van der Waals surface area contributed by atoms with E-state index in [0.717, 1.165) is 6.92 Å². The van der Waals surface area contributed by atoms with E-state index in [1.807, 2.05) is 0 Å². The third kappa shape index (κ3) is 4.32. The van der Waals surface area contributed by atoms with Crippen LogP contribution in [-0.2, 0) is 11.3 Å². The lowest BCUT2D eigenvalue weighted by Crippen LogP contribution is -2.18. The molecule has 2 rings (SSSR count). The van der Waals surface area contributed by atoms with Crippen LogP contribution in [0.2, 0.25) is 0 Å². The van der Waals surface area contributed by atoms with E-state index in [1.165, 1.54) is 32.0 Å². The Kier molecular flexibility index (Phi) is 5.64. The van der Waals surface area contributed by atoms with Crippen LogP contribution in [0.25, 0.3) is 0 Å². The lowest BCUT2D eigenvalue weighted by Gasteiger charge is -2.09. The van der Waals surface area contributed by atoms with Crippen LogP contribution in [0.15, 0.2) is 32.4 Å². The van der Waals surface area contributed by atoms with Gasteiger partial charge in [-0.25, -0.2) is 4.79 Å². The molecule has 0 aliphatic heterocycles. The molecule has 0 radical (unpaired) electrons. The number of rotatable bonds is 5. The summed E-state index contributed by atoms with van der Waals surface area (Å²) < 4.78 is 4.60. The Labute approximate surface area is 153 Å². The fraction of sp³-hybridized carbons (Fsp3) is 0.222. The molecule has 0 fully saturated rings. The van der Waals surface area contributed by atoms with Gasteiger partial charge < -0.3 is 25.1 Å². The van der Waals surface area contributed by atoms with Gasteiger partial charge in [0, 0.05) is 19.0 Å². The third-order valence-corrected chi connectivity index (χ3v) is 3.68. The summed E-state index contributed by atoms with van der Waals surface area (Å²) in [6, 6.07) is 4.31. The van der Waals surface area contributed by atoms with Crippen molar-refractivity contribution in [2.75, 3.05) is 0 Å². The number of aromatic hydroxyl groups is 3. The van der Waals surface area contributed by atoms with Gasteiger partial charge in [0.15, 0.2) is 5.78 Å². The summed E-state index contributed by atoms with van der Waals surface area (Å²) in [5.41, 5.74) is -1.20. The predicted molar refractivity (Wildman–Crippen MR) is 95.8 cm³/mol. The van der Waals surface area contributed by atoms with Crippen LogP contribution in [0.1, 0.15) is 42.3 Å². The number of hydrogen-bond acceptors (Lipinski definition) is 8. The number of nitrogens with one attached hydrogen (secondary N) is 1. The highest BCUT2D eigenvalue weighted by Crippen LogP contribution is 2.30. The van der Waals surface area contributed by atoms with Crippen LogP contribution >= 0.6 is 0 Å². The average Bonchev–Trinajstić information content (AvgIpc) is 2.54. The highest BCUT2D eigenvalue weighted by Gasteiger charge is 2.24. The highest BCUT2D eigenvalue weighted by molar-refractivity contribution is 6.07. The molecule has 1 aromatic carbocycles. The van der Waals surface area contributed by atoms with Crippen molar-refractivity contribution in [3.05, 3.63) is 45.3 Å². The first-order valence-electron chi connectivity index (χ1n) is 7.83. The second-order valence-corrected chi connectivity index (χ2v) is 5.77. The van der Waals surface area contributed by atoms with Crippen molar-refractivity contribution < 1.29 is 29.3 Å². The highest BCUT2D eigenvalue weighted by atomic mass is 16.5.